The van der Waals surface area contributed by atoms with Crippen molar-refractivity contribution in [1.29, 1.82) is 0 Å². The van der Waals surface area contributed by atoms with Crippen LogP contribution in [0, 0.1) is 5.41 Å². The Labute approximate surface area is 122 Å². The molecule has 0 saturated carbocycles. The zero-order chi connectivity index (χ0) is 14.8. The number of hydrogen-bond donors (Lipinski definition) is 1. The van der Waals surface area contributed by atoms with Crippen molar-refractivity contribution in [3.63, 3.8) is 0 Å². The fraction of sp³-hybridized carbons (Fsp3) is 0.733. The van der Waals surface area contributed by atoms with E-state index >= 15 is 0 Å². The van der Waals surface area contributed by atoms with E-state index < -0.39 is 0 Å². The molecule has 1 aliphatic rings. The van der Waals surface area contributed by atoms with Gasteiger partial charge in [0, 0.05) is 50.7 Å². The average Bonchev–Trinajstić information content (AvgIpc) is 2.38. The molecular formula is C15H27N5. The van der Waals surface area contributed by atoms with Crippen molar-refractivity contribution in [3.05, 3.63) is 18.5 Å². The molecule has 20 heavy (non-hydrogen) atoms. The molecule has 5 nitrogen and oxygen atoms in total. The van der Waals surface area contributed by atoms with E-state index in [4.69, 9.17) is 5.73 Å². The molecule has 0 aliphatic carbocycles. The van der Waals surface area contributed by atoms with Crippen molar-refractivity contribution in [2.75, 3.05) is 31.1 Å². The quantitative estimate of drug-likeness (QED) is 0.904. The van der Waals surface area contributed by atoms with Crippen LogP contribution in [-0.2, 0) is 0 Å². The summed E-state index contributed by atoms with van der Waals surface area (Å²) >= 11 is 0. The van der Waals surface area contributed by atoms with Crippen molar-refractivity contribution < 1.29 is 0 Å². The normalized spacial score (nSPS) is 20.8. The number of anilines is 1. The van der Waals surface area contributed by atoms with Crippen LogP contribution in [0.2, 0.25) is 0 Å². The highest BCUT2D eigenvalue weighted by Crippen LogP contribution is 2.27. The topological polar surface area (TPSA) is 58.3 Å². The number of aromatic nitrogens is 2. The SMILES string of the molecule is CC(N)C(N1CCN(c2ncccn2)CC1)C(C)(C)C. The molecular weight excluding hydrogens is 250 g/mol. The first kappa shape index (κ1) is 15.2. The summed E-state index contributed by atoms with van der Waals surface area (Å²) in [6.45, 7) is 12.9. The van der Waals surface area contributed by atoms with Crippen LogP contribution in [0.15, 0.2) is 18.5 Å². The van der Waals surface area contributed by atoms with Crippen molar-refractivity contribution in [2.45, 2.75) is 39.8 Å². The molecule has 2 heterocycles. The third kappa shape index (κ3) is 3.46. The van der Waals surface area contributed by atoms with E-state index in [-0.39, 0.29) is 11.5 Å². The van der Waals surface area contributed by atoms with Gasteiger partial charge in [-0.05, 0) is 18.4 Å². The van der Waals surface area contributed by atoms with Crippen LogP contribution in [0.5, 0.6) is 0 Å². The molecule has 1 aliphatic heterocycles. The maximum Gasteiger partial charge on any atom is 0.225 e. The maximum atomic E-state index is 6.22. The molecule has 2 N–H and O–H groups in total. The Hall–Kier alpha value is -1.20. The second kappa shape index (κ2) is 6.06. The van der Waals surface area contributed by atoms with Gasteiger partial charge in [0.2, 0.25) is 5.95 Å². The summed E-state index contributed by atoms with van der Waals surface area (Å²) in [5.41, 5.74) is 6.41. The second-order valence-electron chi connectivity index (χ2n) is 6.74. The summed E-state index contributed by atoms with van der Waals surface area (Å²) in [5.74, 6) is 0.834. The Morgan fingerprint density at radius 2 is 1.65 bits per heavy atom. The van der Waals surface area contributed by atoms with Gasteiger partial charge in [-0.15, -0.1) is 0 Å². The molecule has 2 unspecified atom stereocenters. The number of nitrogens with two attached hydrogens (primary N) is 1. The highest BCUT2D eigenvalue weighted by atomic mass is 15.3. The first-order chi connectivity index (χ1) is 9.39. The molecule has 1 aromatic heterocycles. The van der Waals surface area contributed by atoms with Crippen molar-refractivity contribution in [2.24, 2.45) is 11.1 Å². The lowest BCUT2D eigenvalue weighted by molar-refractivity contribution is 0.0764. The first-order valence-corrected chi connectivity index (χ1v) is 7.41. The van der Waals surface area contributed by atoms with Gasteiger partial charge in [-0.3, -0.25) is 4.90 Å². The molecule has 112 valence electrons. The lowest BCUT2D eigenvalue weighted by Crippen LogP contribution is -2.59. The molecule has 1 aromatic rings. The molecule has 2 rings (SSSR count). The molecule has 1 fully saturated rings. The van der Waals surface area contributed by atoms with Crippen LogP contribution in [0.25, 0.3) is 0 Å². The molecule has 0 radical (unpaired) electrons. The van der Waals surface area contributed by atoms with Crippen LogP contribution >= 0.6 is 0 Å². The zero-order valence-corrected chi connectivity index (χ0v) is 13.1. The van der Waals surface area contributed by atoms with Gasteiger partial charge in [0.05, 0.1) is 0 Å². The van der Waals surface area contributed by atoms with E-state index in [9.17, 15) is 0 Å². The van der Waals surface area contributed by atoms with Gasteiger partial charge in [-0.1, -0.05) is 20.8 Å². The molecule has 2 atom stereocenters. The Morgan fingerprint density at radius 3 is 2.10 bits per heavy atom. The number of rotatable bonds is 3. The third-order valence-corrected chi connectivity index (χ3v) is 3.93. The van der Waals surface area contributed by atoms with Gasteiger partial charge in [-0.2, -0.15) is 0 Å². The highest BCUT2D eigenvalue weighted by Gasteiger charge is 2.35. The lowest BCUT2D eigenvalue weighted by atomic mass is 9.81. The Bertz CT molecular complexity index is 404. The van der Waals surface area contributed by atoms with Gasteiger partial charge < -0.3 is 10.6 Å². The predicted octanol–water partition coefficient (Wildman–Crippen LogP) is 1.36. The van der Waals surface area contributed by atoms with Gasteiger partial charge in [0.25, 0.3) is 0 Å². The largest absolute Gasteiger partial charge is 0.338 e. The Morgan fingerprint density at radius 1 is 1.10 bits per heavy atom. The van der Waals surface area contributed by atoms with Crippen molar-refractivity contribution >= 4 is 5.95 Å². The lowest BCUT2D eigenvalue weighted by Gasteiger charge is -2.46. The second-order valence-corrected chi connectivity index (χ2v) is 6.74. The van der Waals surface area contributed by atoms with E-state index in [1.807, 2.05) is 6.07 Å². The van der Waals surface area contributed by atoms with Crippen LogP contribution in [0.3, 0.4) is 0 Å². The van der Waals surface area contributed by atoms with Crippen LogP contribution in [-0.4, -0.2) is 53.1 Å². The minimum Gasteiger partial charge on any atom is -0.338 e. The van der Waals surface area contributed by atoms with E-state index in [0.29, 0.717) is 6.04 Å². The fourth-order valence-corrected chi connectivity index (χ4v) is 3.32. The van der Waals surface area contributed by atoms with E-state index in [0.717, 1.165) is 32.1 Å². The van der Waals surface area contributed by atoms with E-state index in [1.54, 1.807) is 12.4 Å². The van der Waals surface area contributed by atoms with Gasteiger partial charge in [-0.25, -0.2) is 9.97 Å². The van der Waals surface area contributed by atoms with E-state index in [1.165, 1.54) is 0 Å². The summed E-state index contributed by atoms with van der Waals surface area (Å²) in [5, 5.41) is 0. The number of nitrogens with zero attached hydrogens (tertiary/aromatic N) is 4. The van der Waals surface area contributed by atoms with Gasteiger partial charge in [0.15, 0.2) is 0 Å². The molecule has 1 saturated heterocycles. The Kier molecular flexibility index (Phi) is 4.60. The predicted molar refractivity (Wildman–Crippen MR) is 82.7 cm³/mol. The van der Waals surface area contributed by atoms with Crippen molar-refractivity contribution in [1.82, 2.24) is 14.9 Å². The minimum absolute atomic E-state index is 0.175. The van der Waals surface area contributed by atoms with Crippen LogP contribution in [0.1, 0.15) is 27.7 Å². The molecule has 0 bridgehead atoms. The van der Waals surface area contributed by atoms with Crippen LogP contribution < -0.4 is 10.6 Å². The summed E-state index contributed by atoms with van der Waals surface area (Å²) in [4.78, 5) is 13.4. The molecule has 5 heteroatoms. The highest BCUT2D eigenvalue weighted by molar-refractivity contribution is 5.29. The summed E-state index contributed by atoms with van der Waals surface area (Å²) in [6, 6.07) is 2.43. The zero-order valence-electron chi connectivity index (χ0n) is 13.1. The number of hydrogen-bond acceptors (Lipinski definition) is 5. The standard InChI is InChI=1S/C15H27N5/c1-12(16)13(15(2,3)4)19-8-10-20(11-9-19)14-17-6-5-7-18-14/h5-7,12-13H,8-11,16H2,1-4H3. The van der Waals surface area contributed by atoms with Gasteiger partial charge in [0.1, 0.15) is 0 Å². The summed E-state index contributed by atoms with van der Waals surface area (Å²) < 4.78 is 0. The Balaban J connectivity index is 2.00. The monoisotopic (exact) mass is 277 g/mol. The summed E-state index contributed by atoms with van der Waals surface area (Å²) in [7, 11) is 0. The molecule has 0 aromatic carbocycles. The van der Waals surface area contributed by atoms with Crippen LogP contribution in [0.4, 0.5) is 5.95 Å². The maximum absolute atomic E-state index is 6.22. The minimum atomic E-state index is 0.175. The summed E-state index contributed by atoms with van der Waals surface area (Å²) in [6.07, 6.45) is 3.60. The van der Waals surface area contributed by atoms with Crippen molar-refractivity contribution in [3.8, 4) is 0 Å². The first-order valence-electron chi connectivity index (χ1n) is 7.41. The van der Waals surface area contributed by atoms with E-state index in [2.05, 4.69) is 47.5 Å². The van der Waals surface area contributed by atoms with Gasteiger partial charge >= 0.3 is 0 Å². The molecule has 0 amide bonds. The fourth-order valence-electron chi connectivity index (χ4n) is 3.32. The number of piperazine rings is 1. The smallest absolute Gasteiger partial charge is 0.225 e. The average molecular weight is 277 g/mol. The molecule has 0 spiro atoms. The third-order valence-electron chi connectivity index (χ3n) is 3.93.